The van der Waals surface area contributed by atoms with E-state index in [0.717, 1.165) is 10.6 Å². The molecular weight excluding hydrogens is 320 g/mol. The monoisotopic (exact) mass is 334 g/mol. The lowest BCUT2D eigenvalue weighted by molar-refractivity contribution is -0.122. The van der Waals surface area contributed by atoms with Gasteiger partial charge in [-0.25, -0.2) is 0 Å². The zero-order valence-electron chi connectivity index (χ0n) is 11.9. The molecule has 6 nitrogen and oxygen atoms in total. The minimum atomic E-state index is -0.364. The van der Waals surface area contributed by atoms with Gasteiger partial charge in [0, 0.05) is 23.5 Å². The van der Waals surface area contributed by atoms with Crippen molar-refractivity contribution in [3.8, 4) is 0 Å². The Labute approximate surface area is 135 Å². The van der Waals surface area contributed by atoms with Crippen molar-refractivity contribution >= 4 is 45.7 Å². The standard InChI is InChI=1S/C14H14N4O2S2/c1-21-11-4-2-10(3-5-11)18-7-9(6-12(18)19)13(20)16-14-17-15-8-22-14/h2-5,8-9H,6-7H2,1H3,(H,16,17,20)/t9-/m1/s1. The quantitative estimate of drug-likeness (QED) is 0.868. The van der Waals surface area contributed by atoms with Crippen molar-refractivity contribution in [1.29, 1.82) is 0 Å². The molecule has 0 radical (unpaired) electrons. The lowest BCUT2D eigenvalue weighted by Gasteiger charge is -2.16. The predicted molar refractivity (Wildman–Crippen MR) is 87.2 cm³/mol. The maximum Gasteiger partial charge on any atom is 0.231 e. The van der Waals surface area contributed by atoms with Gasteiger partial charge < -0.3 is 10.2 Å². The van der Waals surface area contributed by atoms with Gasteiger partial charge >= 0.3 is 0 Å². The molecule has 0 unspecified atom stereocenters. The molecule has 1 fully saturated rings. The summed E-state index contributed by atoms with van der Waals surface area (Å²) in [6, 6.07) is 7.77. The Kier molecular flexibility index (Phi) is 4.39. The van der Waals surface area contributed by atoms with Crippen molar-refractivity contribution in [2.75, 3.05) is 23.0 Å². The van der Waals surface area contributed by atoms with Gasteiger partial charge in [0.05, 0.1) is 5.92 Å². The molecule has 1 saturated heterocycles. The minimum absolute atomic E-state index is 0.0330. The van der Waals surface area contributed by atoms with Gasteiger partial charge in [-0.3, -0.25) is 9.59 Å². The Bertz CT molecular complexity index is 673. The molecule has 2 heterocycles. The number of amides is 2. The summed E-state index contributed by atoms with van der Waals surface area (Å²) in [7, 11) is 0. The molecule has 0 bridgehead atoms. The second-order valence-electron chi connectivity index (χ2n) is 4.84. The van der Waals surface area contributed by atoms with Crippen LogP contribution in [0.15, 0.2) is 34.7 Å². The number of benzene rings is 1. The topological polar surface area (TPSA) is 75.2 Å². The number of hydrogen-bond donors (Lipinski definition) is 1. The summed E-state index contributed by atoms with van der Waals surface area (Å²) in [5.74, 6) is -0.584. The number of anilines is 2. The number of nitrogens with zero attached hydrogens (tertiary/aromatic N) is 3. The van der Waals surface area contributed by atoms with Gasteiger partial charge in [-0.15, -0.1) is 22.0 Å². The minimum Gasteiger partial charge on any atom is -0.312 e. The van der Waals surface area contributed by atoms with Gasteiger partial charge in [0.1, 0.15) is 5.51 Å². The van der Waals surface area contributed by atoms with Crippen LogP contribution >= 0.6 is 23.1 Å². The zero-order chi connectivity index (χ0) is 15.5. The molecule has 3 rings (SSSR count). The molecule has 1 atom stereocenters. The largest absolute Gasteiger partial charge is 0.312 e. The molecule has 1 N–H and O–H groups in total. The van der Waals surface area contributed by atoms with Crippen molar-refractivity contribution < 1.29 is 9.59 Å². The Balaban J connectivity index is 1.68. The van der Waals surface area contributed by atoms with Crippen LogP contribution < -0.4 is 10.2 Å². The molecule has 2 amide bonds. The maximum atomic E-state index is 12.2. The van der Waals surface area contributed by atoms with Gasteiger partial charge in [0.25, 0.3) is 0 Å². The number of carbonyl (C=O) groups is 2. The first-order valence-corrected chi connectivity index (χ1v) is 8.79. The van der Waals surface area contributed by atoms with Gasteiger partial charge in [-0.05, 0) is 30.5 Å². The third-order valence-corrected chi connectivity index (χ3v) is 4.82. The number of aromatic nitrogens is 2. The molecule has 0 saturated carbocycles. The lowest BCUT2D eigenvalue weighted by Crippen LogP contribution is -2.28. The van der Waals surface area contributed by atoms with Gasteiger partial charge in [-0.1, -0.05) is 11.3 Å². The van der Waals surface area contributed by atoms with Crippen LogP contribution in [0.5, 0.6) is 0 Å². The van der Waals surface area contributed by atoms with Crippen LogP contribution in [-0.2, 0) is 9.59 Å². The number of carbonyl (C=O) groups excluding carboxylic acids is 2. The van der Waals surface area contributed by atoms with Crippen molar-refractivity contribution in [2.24, 2.45) is 5.92 Å². The van der Waals surface area contributed by atoms with Crippen LogP contribution in [0.3, 0.4) is 0 Å². The van der Waals surface area contributed by atoms with Gasteiger partial charge in [-0.2, -0.15) is 0 Å². The molecule has 1 aromatic carbocycles. The molecule has 114 valence electrons. The third kappa shape index (κ3) is 3.12. The number of hydrogen-bond acceptors (Lipinski definition) is 6. The first-order chi connectivity index (χ1) is 10.7. The Morgan fingerprint density at radius 3 is 2.82 bits per heavy atom. The van der Waals surface area contributed by atoms with Crippen molar-refractivity contribution in [2.45, 2.75) is 11.3 Å². The van der Waals surface area contributed by atoms with Crippen LogP contribution in [0.1, 0.15) is 6.42 Å². The Morgan fingerprint density at radius 1 is 1.41 bits per heavy atom. The van der Waals surface area contributed by atoms with E-state index in [0.29, 0.717) is 11.7 Å². The summed E-state index contributed by atoms with van der Waals surface area (Å²) < 4.78 is 0. The van der Waals surface area contributed by atoms with E-state index >= 15 is 0 Å². The van der Waals surface area contributed by atoms with E-state index in [1.807, 2.05) is 30.5 Å². The van der Waals surface area contributed by atoms with Crippen molar-refractivity contribution in [3.63, 3.8) is 0 Å². The maximum absolute atomic E-state index is 12.2. The van der Waals surface area contributed by atoms with E-state index in [1.54, 1.807) is 22.2 Å². The molecule has 0 aliphatic carbocycles. The van der Waals surface area contributed by atoms with Crippen LogP contribution in [0.4, 0.5) is 10.8 Å². The fourth-order valence-corrected chi connectivity index (χ4v) is 3.19. The first kappa shape index (κ1) is 15.0. The second kappa shape index (κ2) is 6.45. The fraction of sp³-hybridized carbons (Fsp3) is 0.286. The Morgan fingerprint density at radius 2 is 2.18 bits per heavy atom. The van der Waals surface area contributed by atoms with Crippen molar-refractivity contribution in [3.05, 3.63) is 29.8 Å². The average Bonchev–Trinajstić information content (AvgIpc) is 3.17. The zero-order valence-corrected chi connectivity index (χ0v) is 13.5. The third-order valence-electron chi connectivity index (χ3n) is 3.47. The molecule has 1 aromatic heterocycles. The van der Waals surface area contributed by atoms with Crippen LogP contribution in [0.2, 0.25) is 0 Å². The summed E-state index contributed by atoms with van der Waals surface area (Å²) in [6.07, 6.45) is 2.22. The summed E-state index contributed by atoms with van der Waals surface area (Å²) in [5, 5.41) is 10.6. The van der Waals surface area contributed by atoms with E-state index in [2.05, 4.69) is 15.5 Å². The van der Waals surface area contributed by atoms with Crippen LogP contribution in [-0.4, -0.2) is 34.8 Å². The highest BCUT2D eigenvalue weighted by atomic mass is 32.2. The van der Waals surface area contributed by atoms with Crippen LogP contribution in [0, 0.1) is 5.92 Å². The number of thioether (sulfide) groups is 1. The SMILES string of the molecule is CSc1ccc(N2C[C@H](C(=O)Nc3nncs3)CC2=O)cc1. The van der Waals surface area contributed by atoms with E-state index in [-0.39, 0.29) is 24.2 Å². The van der Waals surface area contributed by atoms with E-state index < -0.39 is 0 Å². The van der Waals surface area contributed by atoms with Gasteiger partial charge in [0.15, 0.2) is 0 Å². The molecule has 1 aliphatic heterocycles. The fourth-order valence-electron chi connectivity index (χ4n) is 2.33. The second-order valence-corrected chi connectivity index (χ2v) is 6.55. The molecule has 8 heteroatoms. The van der Waals surface area contributed by atoms with Gasteiger partial charge in [0.2, 0.25) is 16.9 Å². The van der Waals surface area contributed by atoms with E-state index in [9.17, 15) is 9.59 Å². The first-order valence-electron chi connectivity index (χ1n) is 6.69. The smallest absolute Gasteiger partial charge is 0.231 e. The molecule has 22 heavy (non-hydrogen) atoms. The summed E-state index contributed by atoms with van der Waals surface area (Å²) in [6.45, 7) is 0.391. The normalized spacial score (nSPS) is 17.8. The molecular formula is C14H14N4O2S2. The highest BCUT2D eigenvalue weighted by Gasteiger charge is 2.35. The highest BCUT2D eigenvalue weighted by molar-refractivity contribution is 7.98. The number of rotatable bonds is 4. The molecule has 0 spiro atoms. The summed E-state index contributed by atoms with van der Waals surface area (Å²) >= 11 is 2.91. The predicted octanol–water partition coefficient (Wildman–Crippen LogP) is 2.25. The molecule has 1 aliphatic rings. The van der Waals surface area contributed by atoms with Crippen molar-refractivity contribution in [1.82, 2.24) is 10.2 Å². The lowest BCUT2D eigenvalue weighted by atomic mass is 10.1. The highest BCUT2D eigenvalue weighted by Crippen LogP contribution is 2.27. The molecule has 2 aromatic rings. The summed E-state index contributed by atoms with van der Waals surface area (Å²) in [5.41, 5.74) is 2.38. The number of nitrogens with one attached hydrogen (secondary N) is 1. The average molecular weight is 334 g/mol. The Hall–Kier alpha value is -1.93. The van der Waals surface area contributed by atoms with E-state index in [1.165, 1.54) is 11.3 Å². The van der Waals surface area contributed by atoms with Crippen LogP contribution in [0.25, 0.3) is 0 Å². The summed E-state index contributed by atoms with van der Waals surface area (Å²) in [4.78, 5) is 27.1. The van der Waals surface area contributed by atoms with E-state index in [4.69, 9.17) is 0 Å².